The van der Waals surface area contributed by atoms with Gasteiger partial charge in [-0.25, -0.2) is 4.98 Å². The molecule has 3 aromatic rings. The highest BCUT2D eigenvalue weighted by Gasteiger charge is 2.31. The van der Waals surface area contributed by atoms with Crippen molar-refractivity contribution in [2.45, 2.75) is 77.9 Å². The van der Waals surface area contributed by atoms with Crippen LogP contribution in [0.25, 0.3) is 11.0 Å². The quantitative estimate of drug-likeness (QED) is 0.167. The summed E-state index contributed by atoms with van der Waals surface area (Å²) in [5.41, 5.74) is 3.79. The van der Waals surface area contributed by atoms with Crippen molar-refractivity contribution in [2.24, 2.45) is 5.92 Å². The van der Waals surface area contributed by atoms with Crippen LogP contribution in [0.3, 0.4) is 0 Å². The summed E-state index contributed by atoms with van der Waals surface area (Å²) in [4.78, 5) is 62.5. The molecule has 3 amide bonds. The van der Waals surface area contributed by atoms with Crippen LogP contribution in [-0.2, 0) is 32.2 Å². The number of rotatable bonds is 15. The number of hydrogen-bond acceptors (Lipinski definition) is 7. The van der Waals surface area contributed by atoms with E-state index in [4.69, 9.17) is 4.74 Å². The van der Waals surface area contributed by atoms with E-state index in [2.05, 4.69) is 27.5 Å². The van der Waals surface area contributed by atoms with Crippen LogP contribution in [0.4, 0.5) is 5.69 Å². The van der Waals surface area contributed by atoms with Gasteiger partial charge in [-0.05, 0) is 55.2 Å². The van der Waals surface area contributed by atoms with Gasteiger partial charge in [0, 0.05) is 43.9 Å². The number of ether oxygens (including phenoxy) is 1. The van der Waals surface area contributed by atoms with Crippen molar-refractivity contribution in [3.63, 3.8) is 0 Å². The van der Waals surface area contributed by atoms with E-state index in [0.29, 0.717) is 43.3 Å². The smallest absolute Gasteiger partial charge is 0.308 e. The van der Waals surface area contributed by atoms with Crippen LogP contribution >= 0.6 is 0 Å². The topological polar surface area (TPSA) is 137 Å². The Balaban J connectivity index is 1.38. The molecule has 0 spiro atoms. The molecule has 242 valence electrons. The van der Waals surface area contributed by atoms with Gasteiger partial charge < -0.3 is 30.2 Å². The number of hydrogen-bond donors (Lipinski definition) is 3. The maximum Gasteiger partial charge on any atom is 0.308 e. The molecule has 0 bridgehead atoms. The number of aromatic amines is 1. The van der Waals surface area contributed by atoms with Gasteiger partial charge in [-0.1, -0.05) is 45.2 Å². The monoisotopic (exact) mass is 618 g/mol. The molecule has 0 unspecified atom stereocenters. The van der Waals surface area contributed by atoms with Crippen LogP contribution in [0.1, 0.15) is 80.5 Å². The Kier molecular flexibility index (Phi) is 11.9. The van der Waals surface area contributed by atoms with E-state index in [1.807, 2.05) is 37.3 Å². The molecule has 0 saturated carbocycles. The second-order valence-electron chi connectivity index (χ2n) is 11.9. The first kappa shape index (κ1) is 33.5. The van der Waals surface area contributed by atoms with Gasteiger partial charge in [-0.2, -0.15) is 0 Å². The molecule has 0 fully saturated rings. The third kappa shape index (κ3) is 9.06. The van der Waals surface area contributed by atoms with E-state index >= 15 is 0 Å². The number of fused-ring (bicyclic) bond motifs is 2. The third-order valence-electron chi connectivity index (χ3n) is 8.25. The average Bonchev–Trinajstić information content (AvgIpc) is 3.39. The van der Waals surface area contributed by atoms with Gasteiger partial charge in [-0.15, -0.1) is 0 Å². The number of H-pyrrole nitrogens is 1. The Labute approximate surface area is 265 Å². The van der Waals surface area contributed by atoms with Gasteiger partial charge >= 0.3 is 5.97 Å². The van der Waals surface area contributed by atoms with E-state index in [0.717, 1.165) is 55.1 Å². The first-order chi connectivity index (χ1) is 21.7. The normalized spacial score (nSPS) is 15.2. The second kappa shape index (κ2) is 16.1. The van der Waals surface area contributed by atoms with Crippen LogP contribution in [0.2, 0.25) is 0 Å². The molecule has 0 saturated heterocycles. The number of para-hydroxylation sites is 2. The Morgan fingerprint density at radius 3 is 2.67 bits per heavy atom. The Bertz CT molecular complexity index is 1450. The number of aromatic nitrogens is 2. The summed E-state index contributed by atoms with van der Waals surface area (Å²) in [6.07, 6.45) is 5.27. The highest BCUT2D eigenvalue weighted by molar-refractivity contribution is 5.96. The number of unbranched alkanes of at least 4 members (excludes halogenated alkanes) is 3. The number of methoxy groups -OCH3 is 1. The minimum Gasteiger partial charge on any atom is -0.469 e. The lowest BCUT2D eigenvalue weighted by Crippen LogP contribution is -2.42. The maximum atomic E-state index is 13.6. The number of nitrogens with one attached hydrogen (secondary N) is 3. The van der Waals surface area contributed by atoms with Crippen LogP contribution in [-0.4, -0.2) is 76.7 Å². The molecule has 1 aromatic heterocycles. The number of nitrogens with zero attached hydrogens (tertiary/aromatic N) is 3. The van der Waals surface area contributed by atoms with E-state index in [9.17, 15) is 19.2 Å². The predicted molar refractivity (Wildman–Crippen MR) is 173 cm³/mol. The van der Waals surface area contributed by atoms with Crippen molar-refractivity contribution in [1.82, 2.24) is 25.1 Å². The zero-order chi connectivity index (χ0) is 32.3. The van der Waals surface area contributed by atoms with Crippen molar-refractivity contribution in [3.05, 3.63) is 59.4 Å². The second-order valence-corrected chi connectivity index (χ2v) is 11.9. The van der Waals surface area contributed by atoms with Gasteiger partial charge in [-0.3, -0.25) is 19.2 Å². The lowest BCUT2D eigenvalue weighted by molar-refractivity contribution is -0.144. The molecule has 2 aromatic carbocycles. The van der Waals surface area contributed by atoms with Crippen molar-refractivity contribution < 1.29 is 23.9 Å². The van der Waals surface area contributed by atoms with E-state index in [-0.39, 0.29) is 30.1 Å². The van der Waals surface area contributed by atoms with Gasteiger partial charge in [0.2, 0.25) is 11.8 Å². The SMILES string of the molecule is CCC[C@H](C)C(=O)NCCCCCCN1Cc2cc(C(=O)N(C)Cc3nc4ccccc4[nH]3)ccc2N[C@@H](CC(=O)OC)C1=O. The lowest BCUT2D eigenvalue weighted by atomic mass is 10.1. The molecule has 1 aliphatic rings. The number of carbonyl (C=O) groups is 4. The summed E-state index contributed by atoms with van der Waals surface area (Å²) in [6.45, 7) is 5.83. The van der Waals surface area contributed by atoms with E-state index < -0.39 is 12.0 Å². The minimum atomic E-state index is -0.767. The first-order valence-corrected chi connectivity index (χ1v) is 15.9. The van der Waals surface area contributed by atoms with E-state index in [1.54, 1.807) is 29.0 Å². The Morgan fingerprint density at radius 2 is 1.91 bits per heavy atom. The largest absolute Gasteiger partial charge is 0.469 e. The number of amides is 3. The summed E-state index contributed by atoms with van der Waals surface area (Å²) in [7, 11) is 3.04. The van der Waals surface area contributed by atoms with Crippen LogP contribution in [0, 0.1) is 5.92 Å². The summed E-state index contributed by atoms with van der Waals surface area (Å²) < 4.78 is 4.85. The highest BCUT2D eigenvalue weighted by Crippen LogP contribution is 2.27. The number of benzene rings is 2. The molecule has 1 aliphatic heterocycles. The number of imidazole rings is 1. The zero-order valence-electron chi connectivity index (χ0n) is 26.9. The molecule has 2 atom stereocenters. The maximum absolute atomic E-state index is 13.6. The van der Waals surface area contributed by atoms with Gasteiger partial charge in [0.05, 0.1) is 31.1 Å². The van der Waals surface area contributed by atoms with Crippen molar-refractivity contribution in [3.8, 4) is 0 Å². The summed E-state index contributed by atoms with van der Waals surface area (Å²) >= 11 is 0. The molecule has 3 N–H and O–H groups in total. The number of esters is 1. The van der Waals surface area contributed by atoms with Gasteiger partial charge in [0.1, 0.15) is 11.9 Å². The van der Waals surface area contributed by atoms with Crippen molar-refractivity contribution in [1.29, 1.82) is 0 Å². The first-order valence-electron chi connectivity index (χ1n) is 15.9. The molecule has 0 radical (unpaired) electrons. The fraction of sp³-hybridized carbons (Fsp3) is 0.500. The minimum absolute atomic E-state index is 0.0336. The molecule has 4 rings (SSSR count). The summed E-state index contributed by atoms with van der Waals surface area (Å²) in [5.74, 6) is 0.0175. The average molecular weight is 619 g/mol. The number of anilines is 1. The molecule has 45 heavy (non-hydrogen) atoms. The fourth-order valence-electron chi connectivity index (χ4n) is 5.66. The predicted octanol–water partition coefficient (Wildman–Crippen LogP) is 4.63. The molecule has 2 heterocycles. The lowest BCUT2D eigenvalue weighted by Gasteiger charge is -2.24. The van der Waals surface area contributed by atoms with Crippen LogP contribution in [0.15, 0.2) is 42.5 Å². The van der Waals surface area contributed by atoms with Crippen LogP contribution in [0.5, 0.6) is 0 Å². The molecule has 11 heteroatoms. The highest BCUT2D eigenvalue weighted by atomic mass is 16.5. The Morgan fingerprint density at radius 1 is 1.13 bits per heavy atom. The molecular weight excluding hydrogens is 572 g/mol. The van der Waals surface area contributed by atoms with Crippen molar-refractivity contribution >= 4 is 40.4 Å². The van der Waals surface area contributed by atoms with Gasteiger partial charge in [0.15, 0.2) is 0 Å². The summed E-state index contributed by atoms with van der Waals surface area (Å²) in [5, 5.41) is 6.24. The molecular formula is C34H46N6O5. The summed E-state index contributed by atoms with van der Waals surface area (Å²) in [6, 6.07) is 12.3. The van der Waals surface area contributed by atoms with Crippen LogP contribution < -0.4 is 10.6 Å². The van der Waals surface area contributed by atoms with Crippen molar-refractivity contribution in [2.75, 3.05) is 32.6 Å². The molecule has 0 aliphatic carbocycles. The Hall–Kier alpha value is -4.41. The van der Waals surface area contributed by atoms with Gasteiger partial charge in [0.25, 0.3) is 5.91 Å². The fourth-order valence-corrected chi connectivity index (χ4v) is 5.66. The molecule has 11 nitrogen and oxygen atoms in total. The van der Waals surface area contributed by atoms with E-state index in [1.165, 1.54) is 7.11 Å². The standard InChI is InChI=1S/C34H46N6O5/c1-5-12-23(2)32(42)35-17-10-6-7-11-18-40-21-25-19-24(15-16-26(25)36-29(34(40)44)20-31(41)45-4)33(43)39(3)22-30-37-27-13-8-9-14-28(27)38-30/h8-9,13-16,19,23,29,36H,5-7,10-12,17-18,20-22H2,1-4H3,(H,35,42)(H,37,38)/t23-,29-/m0/s1. The number of carbonyl (C=O) groups excluding carboxylic acids is 4. The third-order valence-corrected chi connectivity index (χ3v) is 8.25. The zero-order valence-corrected chi connectivity index (χ0v) is 26.9.